The maximum Gasteiger partial charge on any atom is 0.0669 e. The molecule has 3 N–H and O–H groups in total. The molecule has 3 rings (SSSR count). The maximum absolute atomic E-state index is 5.81. The van der Waals surface area contributed by atoms with Crippen LogP contribution in [0, 0.1) is 6.92 Å². The molecule has 0 aliphatic carbocycles. The van der Waals surface area contributed by atoms with Gasteiger partial charge in [0.2, 0.25) is 0 Å². The number of rotatable bonds is 5. The second kappa shape index (κ2) is 5.97. The fourth-order valence-electron chi connectivity index (χ4n) is 2.76. The molecule has 0 saturated carbocycles. The Kier molecular flexibility index (Phi) is 4.05. The van der Waals surface area contributed by atoms with E-state index in [4.69, 9.17) is 5.84 Å². The lowest BCUT2D eigenvalue weighted by Gasteiger charge is -2.17. The van der Waals surface area contributed by atoms with Gasteiger partial charge in [-0.2, -0.15) is 5.10 Å². The molecule has 0 radical (unpaired) electrons. The van der Waals surface area contributed by atoms with E-state index in [9.17, 15) is 0 Å². The molecule has 0 saturated heterocycles. The number of benzene rings is 1. The minimum atomic E-state index is 0.0733. The van der Waals surface area contributed by atoms with Gasteiger partial charge >= 0.3 is 0 Å². The number of nitrogens with zero attached hydrogens (tertiary/aromatic N) is 2. The average Bonchev–Trinajstić information content (AvgIpc) is 3.08. The van der Waals surface area contributed by atoms with Crippen LogP contribution in [0.15, 0.2) is 35.7 Å². The lowest BCUT2D eigenvalue weighted by molar-refractivity contribution is 0.491. The van der Waals surface area contributed by atoms with E-state index in [0.717, 1.165) is 24.4 Å². The van der Waals surface area contributed by atoms with Gasteiger partial charge in [-0.25, -0.2) is 0 Å². The van der Waals surface area contributed by atoms with Crippen molar-refractivity contribution in [2.24, 2.45) is 5.84 Å². The molecule has 1 atom stereocenters. The van der Waals surface area contributed by atoms with Crippen LogP contribution in [0.3, 0.4) is 0 Å². The van der Waals surface area contributed by atoms with Crippen LogP contribution in [-0.4, -0.2) is 9.78 Å². The summed E-state index contributed by atoms with van der Waals surface area (Å²) < 4.78 is 3.34. The number of hydrogen-bond acceptors (Lipinski definition) is 4. The molecule has 2 heterocycles. The van der Waals surface area contributed by atoms with Crippen LogP contribution in [0.25, 0.3) is 10.1 Å². The zero-order valence-corrected chi connectivity index (χ0v) is 13.2. The summed E-state index contributed by atoms with van der Waals surface area (Å²) in [6.45, 7) is 4.97. The highest BCUT2D eigenvalue weighted by molar-refractivity contribution is 7.17. The Morgan fingerprint density at radius 2 is 2.19 bits per heavy atom. The normalized spacial score (nSPS) is 12.9. The Bertz CT molecular complexity index is 744. The fourth-order valence-corrected chi connectivity index (χ4v) is 3.73. The number of nitrogens with two attached hydrogens (primary N) is 1. The highest BCUT2D eigenvalue weighted by atomic mass is 32.1. The van der Waals surface area contributed by atoms with Crippen molar-refractivity contribution in [1.82, 2.24) is 15.2 Å². The fraction of sp³-hybridized carbons (Fsp3) is 0.312. The molecular formula is C16H20N4S. The predicted molar refractivity (Wildman–Crippen MR) is 88.2 cm³/mol. The minimum Gasteiger partial charge on any atom is -0.271 e. The van der Waals surface area contributed by atoms with Gasteiger partial charge in [-0.3, -0.25) is 16.0 Å². The number of nitrogens with one attached hydrogen (secondary N) is 1. The molecule has 4 nitrogen and oxygen atoms in total. The van der Waals surface area contributed by atoms with E-state index in [2.05, 4.69) is 53.2 Å². The van der Waals surface area contributed by atoms with Crippen LogP contribution in [-0.2, 0) is 13.0 Å². The summed E-state index contributed by atoms with van der Waals surface area (Å²) in [5.74, 6) is 5.81. The zero-order valence-electron chi connectivity index (χ0n) is 12.3. The Balaban J connectivity index is 1.94. The maximum atomic E-state index is 5.81. The molecule has 0 amide bonds. The lowest BCUT2D eigenvalue weighted by Crippen LogP contribution is -2.31. The molecule has 5 heteroatoms. The first kappa shape index (κ1) is 14.3. The summed E-state index contributed by atoms with van der Waals surface area (Å²) in [6.07, 6.45) is 0.867. The number of hydrogen-bond donors (Lipinski definition) is 2. The van der Waals surface area contributed by atoms with E-state index in [0.29, 0.717) is 0 Å². The minimum absolute atomic E-state index is 0.0733. The summed E-state index contributed by atoms with van der Waals surface area (Å²) in [5.41, 5.74) is 6.46. The van der Waals surface area contributed by atoms with Crippen LogP contribution < -0.4 is 11.3 Å². The first-order valence-electron chi connectivity index (χ1n) is 7.18. The Labute approximate surface area is 128 Å². The van der Waals surface area contributed by atoms with E-state index in [-0.39, 0.29) is 6.04 Å². The number of thiophene rings is 1. The Hall–Kier alpha value is -1.69. The highest BCUT2D eigenvalue weighted by Gasteiger charge is 2.18. The SMILES string of the molecule is CCn1nc(C)cc1C(Cc1csc2ccccc12)NN. The van der Waals surface area contributed by atoms with Crippen molar-refractivity contribution in [3.8, 4) is 0 Å². The monoisotopic (exact) mass is 300 g/mol. The molecule has 0 spiro atoms. The van der Waals surface area contributed by atoms with Crippen molar-refractivity contribution < 1.29 is 0 Å². The Morgan fingerprint density at radius 1 is 1.38 bits per heavy atom. The topological polar surface area (TPSA) is 55.9 Å². The highest BCUT2D eigenvalue weighted by Crippen LogP contribution is 2.29. The molecule has 0 aliphatic rings. The van der Waals surface area contributed by atoms with Crippen molar-refractivity contribution in [2.75, 3.05) is 0 Å². The van der Waals surface area contributed by atoms with Crippen molar-refractivity contribution in [3.63, 3.8) is 0 Å². The zero-order chi connectivity index (χ0) is 14.8. The smallest absolute Gasteiger partial charge is 0.0669 e. The molecule has 0 bridgehead atoms. The van der Waals surface area contributed by atoms with Crippen molar-refractivity contribution >= 4 is 21.4 Å². The van der Waals surface area contributed by atoms with Gasteiger partial charge in [-0.15, -0.1) is 11.3 Å². The van der Waals surface area contributed by atoms with E-state index < -0.39 is 0 Å². The van der Waals surface area contributed by atoms with Gasteiger partial charge in [0.15, 0.2) is 0 Å². The van der Waals surface area contributed by atoms with Gasteiger partial charge in [0.05, 0.1) is 17.4 Å². The lowest BCUT2D eigenvalue weighted by atomic mass is 10.0. The van der Waals surface area contributed by atoms with E-state index in [1.807, 2.05) is 11.6 Å². The Morgan fingerprint density at radius 3 is 2.95 bits per heavy atom. The van der Waals surface area contributed by atoms with Crippen molar-refractivity contribution in [1.29, 1.82) is 0 Å². The van der Waals surface area contributed by atoms with Gasteiger partial charge in [-0.05, 0) is 48.7 Å². The molecule has 1 unspecified atom stereocenters. The summed E-state index contributed by atoms with van der Waals surface area (Å²) in [5, 5.41) is 8.07. The number of aromatic nitrogens is 2. The number of hydrazine groups is 1. The molecule has 21 heavy (non-hydrogen) atoms. The number of aryl methyl sites for hydroxylation is 2. The van der Waals surface area contributed by atoms with Gasteiger partial charge in [0, 0.05) is 11.2 Å². The molecule has 2 aromatic heterocycles. The molecule has 3 aromatic rings. The second-order valence-electron chi connectivity index (χ2n) is 5.21. The molecule has 0 fully saturated rings. The molecular weight excluding hydrogens is 280 g/mol. The van der Waals surface area contributed by atoms with Crippen LogP contribution in [0.1, 0.15) is 29.9 Å². The molecule has 110 valence electrons. The third kappa shape index (κ3) is 2.72. The van der Waals surface area contributed by atoms with Crippen LogP contribution in [0.5, 0.6) is 0 Å². The summed E-state index contributed by atoms with van der Waals surface area (Å²) in [7, 11) is 0. The summed E-state index contributed by atoms with van der Waals surface area (Å²) >= 11 is 1.79. The van der Waals surface area contributed by atoms with Crippen molar-refractivity contribution in [2.45, 2.75) is 32.9 Å². The third-order valence-corrected chi connectivity index (χ3v) is 4.79. The summed E-state index contributed by atoms with van der Waals surface area (Å²) in [4.78, 5) is 0. The molecule has 1 aromatic carbocycles. The first-order chi connectivity index (χ1) is 10.2. The molecule has 0 aliphatic heterocycles. The van der Waals surface area contributed by atoms with Crippen LogP contribution in [0.2, 0.25) is 0 Å². The third-order valence-electron chi connectivity index (χ3n) is 3.78. The first-order valence-corrected chi connectivity index (χ1v) is 8.06. The van der Waals surface area contributed by atoms with Crippen molar-refractivity contribution in [3.05, 3.63) is 52.7 Å². The number of fused-ring (bicyclic) bond motifs is 1. The quantitative estimate of drug-likeness (QED) is 0.562. The van der Waals surface area contributed by atoms with E-state index in [1.165, 1.54) is 15.6 Å². The predicted octanol–water partition coefficient (Wildman–Crippen LogP) is 3.17. The van der Waals surface area contributed by atoms with Gasteiger partial charge in [0.25, 0.3) is 0 Å². The van der Waals surface area contributed by atoms with Gasteiger partial charge in [0.1, 0.15) is 0 Å². The van der Waals surface area contributed by atoms with E-state index in [1.54, 1.807) is 11.3 Å². The largest absolute Gasteiger partial charge is 0.271 e. The van der Waals surface area contributed by atoms with Gasteiger partial charge in [-0.1, -0.05) is 18.2 Å². The average molecular weight is 300 g/mol. The van der Waals surface area contributed by atoms with Crippen LogP contribution >= 0.6 is 11.3 Å². The van der Waals surface area contributed by atoms with Crippen LogP contribution in [0.4, 0.5) is 0 Å². The standard InChI is InChI=1S/C16H20N4S/c1-3-20-15(8-11(2)19-20)14(18-17)9-12-10-21-16-7-5-4-6-13(12)16/h4-8,10,14,18H,3,9,17H2,1-2H3. The van der Waals surface area contributed by atoms with Gasteiger partial charge < -0.3 is 0 Å². The second-order valence-corrected chi connectivity index (χ2v) is 6.12. The summed E-state index contributed by atoms with van der Waals surface area (Å²) in [6, 6.07) is 10.7. The van der Waals surface area contributed by atoms with E-state index >= 15 is 0 Å².